The Balaban J connectivity index is 1.64. The molecule has 4 aromatic rings. The summed E-state index contributed by atoms with van der Waals surface area (Å²) < 4.78 is 12.8. The zero-order chi connectivity index (χ0) is 24.5. The molecular weight excluding hydrogens is 460 g/mol. The van der Waals surface area contributed by atoms with Crippen LogP contribution in [0.1, 0.15) is 50.8 Å². The van der Waals surface area contributed by atoms with Gasteiger partial charge in [0, 0.05) is 17.6 Å². The highest BCUT2D eigenvalue weighted by atomic mass is 32.1. The summed E-state index contributed by atoms with van der Waals surface area (Å²) in [6.45, 7) is 4.63. The molecule has 1 aliphatic heterocycles. The maximum Gasteiger partial charge on any atom is 0.339 e. The van der Waals surface area contributed by atoms with Crippen molar-refractivity contribution in [1.82, 2.24) is 19.8 Å². The van der Waals surface area contributed by atoms with Crippen molar-refractivity contribution in [3.63, 3.8) is 0 Å². The second-order valence-corrected chi connectivity index (χ2v) is 8.89. The molecule has 0 unspecified atom stereocenters. The number of thiocarbonyl (C=S) groups is 1. The molecule has 0 spiro atoms. The number of carbonyl (C=O) groups is 1. The maximum absolute atomic E-state index is 12.5. The van der Waals surface area contributed by atoms with Gasteiger partial charge < -0.3 is 23.9 Å². The van der Waals surface area contributed by atoms with Crippen LogP contribution in [0.4, 0.5) is 0 Å². The molecule has 0 bridgehead atoms. The summed E-state index contributed by atoms with van der Waals surface area (Å²) in [7, 11) is 1.40. The summed E-state index contributed by atoms with van der Waals surface area (Å²) >= 11 is 5.79. The molecule has 4 heterocycles. The van der Waals surface area contributed by atoms with Gasteiger partial charge in [-0.3, -0.25) is 4.98 Å². The van der Waals surface area contributed by atoms with E-state index < -0.39 is 0 Å². The van der Waals surface area contributed by atoms with Gasteiger partial charge in [-0.05, 0) is 74.1 Å². The Bertz CT molecular complexity index is 1360. The number of ether oxygens (including phenoxy) is 1. The van der Waals surface area contributed by atoms with Crippen LogP contribution < -0.4 is 5.32 Å². The Morgan fingerprint density at radius 3 is 2.66 bits per heavy atom. The number of para-hydroxylation sites is 1. The minimum Gasteiger partial charge on any atom is -0.467 e. The summed E-state index contributed by atoms with van der Waals surface area (Å²) in [6, 6.07) is 19.1. The highest BCUT2D eigenvalue weighted by Gasteiger charge is 2.41. The first kappa shape index (κ1) is 22.9. The number of aromatic nitrogens is 2. The number of hydrogen-bond acceptors (Lipinski definition) is 5. The van der Waals surface area contributed by atoms with Crippen LogP contribution in [0.15, 0.2) is 77.5 Å². The minimum atomic E-state index is -0.371. The molecule has 0 saturated carbocycles. The van der Waals surface area contributed by atoms with Gasteiger partial charge in [-0.15, -0.1) is 0 Å². The first-order chi connectivity index (χ1) is 17.0. The Hall–Kier alpha value is -3.91. The highest BCUT2D eigenvalue weighted by molar-refractivity contribution is 7.80. The molecule has 1 saturated heterocycles. The van der Waals surface area contributed by atoms with E-state index in [1.807, 2.05) is 55.5 Å². The quantitative estimate of drug-likeness (QED) is 0.302. The van der Waals surface area contributed by atoms with E-state index in [-0.39, 0.29) is 18.1 Å². The lowest BCUT2D eigenvalue weighted by atomic mass is 9.96. The van der Waals surface area contributed by atoms with Gasteiger partial charge >= 0.3 is 5.97 Å². The summed E-state index contributed by atoms with van der Waals surface area (Å²) in [4.78, 5) is 19.3. The molecule has 0 aliphatic carbocycles. The third-order valence-electron chi connectivity index (χ3n) is 6.44. The number of carbonyl (C=O) groups excluding carboxylic acids is 1. The largest absolute Gasteiger partial charge is 0.467 e. The number of benzene rings is 1. The zero-order valence-corrected chi connectivity index (χ0v) is 20.6. The number of nitrogens with zero attached hydrogens (tertiary/aromatic N) is 3. The summed E-state index contributed by atoms with van der Waals surface area (Å²) in [5.41, 5.74) is 5.31. The van der Waals surface area contributed by atoms with E-state index in [0.717, 1.165) is 34.1 Å². The molecule has 0 radical (unpaired) electrons. The first-order valence-corrected chi connectivity index (χ1v) is 11.8. The van der Waals surface area contributed by atoms with E-state index in [2.05, 4.69) is 32.8 Å². The van der Waals surface area contributed by atoms with E-state index in [1.165, 1.54) is 7.11 Å². The Morgan fingerprint density at radius 1 is 1.14 bits per heavy atom. The minimum absolute atomic E-state index is 0.132. The van der Waals surface area contributed by atoms with Crippen LogP contribution in [0.3, 0.4) is 0 Å². The molecule has 3 aromatic heterocycles. The normalized spacial score (nSPS) is 17.5. The molecule has 5 rings (SSSR count). The van der Waals surface area contributed by atoms with Gasteiger partial charge in [-0.2, -0.15) is 0 Å². The molecule has 35 heavy (non-hydrogen) atoms. The molecule has 7 nitrogen and oxygen atoms in total. The summed E-state index contributed by atoms with van der Waals surface area (Å²) in [6.07, 6.45) is 3.46. The predicted octanol–water partition coefficient (Wildman–Crippen LogP) is 5.04. The van der Waals surface area contributed by atoms with Crippen molar-refractivity contribution < 1.29 is 13.9 Å². The van der Waals surface area contributed by atoms with Crippen molar-refractivity contribution in [2.75, 3.05) is 7.11 Å². The van der Waals surface area contributed by atoms with Crippen LogP contribution in [-0.2, 0) is 11.3 Å². The summed E-state index contributed by atoms with van der Waals surface area (Å²) in [5.74, 6) is 0.454. The van der Waals surface area contributed by atoms with Crippen LogP contribution >= 0.6 is 12.2 Å². The Kier molecular flexibility index (Phi) is 6.13. The van der Waals surface area contributed by atoms with Crippen molar-refractivity contribution in [2.45, 2.75) is 32.5 Å². The molecule has 1 aromatic carbocycles. The van der Waals surface area contributed by atoms with E-state index in [4.69, 9.17) is 21.4 Å². The average Bonchev–Trinajstić information content (AvgIpc) is 3.58. The molecule has 1 N–H and O–H groups in total. The van der Waals surface area contributed by atoms with Crippen LogP contribution in [-0.4, -0.2) is 32.6 Å². The summed E-state index contributed by atoms with van der Waals surface area (Å²) in [5, 5.41) is 4.13. The fourth-order valence-electron chi connectivity index (χ4n) is 4.89. The fraction of sp³-hybridized carbons (Fsp3) is 0.222. The number of rotatable bonds is 6. The SMILES string of the molecule is COC(=O)c1ccccc1-n1c(C)cc([C@@H]2[C@H](c3ccccn3)NC(=S)N2Cc2ccco2)c1C. The van der Waals surface area contributed by atoms with Gasteiger partial charge in [0.2, 0.25) is 0 Å². The predicted molar refractivity (Wildman–Crippen MR) is 136 cm³/mol. The molecular formula is C27H26N4O3S. The monoisotopic (exact) mass is 486 g/mol. The van der Waals surface area contributed by atoms with Crippen molar-refractivity contribution >= 4 is 23.3 Å². The van der Waals surface area contributed by atoms with E-state index in [9.17, 15) is 4.79 Å². The first-order valence-electron chi connectivity index (χ1n) is 11.4. The molecule has 2 atom stereocenters. The van der Waals surface area contributed by atoms with Crippen molar-refractivity contribution in [2.24, 2.45) is 0 Å². The number of furan rings is 1. The molecule has 8 heteroatoms. The zero-order valence-electron chi connectivity index (χ0n) is 19.8. The number of pyridine rings is 1. The fourth-order valence-corrected chi connectivity index (χ4v) is 5.20. The van der Waals surface area contributed by atoms with Crippen LogP contribution in [0.5, 0.6) is 0 Å². The third-order valence-corrected chi connectivity index (χ3v) is 6.80. The number of methoxy groups -OCH3 is 1. The average molecular weight is 487 g/mol. The van der Waals surface area contributed by atoms with Crippen molar-refractivity contribution in [1.29, 1.82) is 0 Å². The van der Waals surface area contributed by atoms with Gasteiger partial charge in [-0.25, -0.2) is 4.79 Å². The Morgan fingerprint density at radius 2 is 1.94 bits per heavy atom. The van der Waals surface area contributed by atoms with Crippen LogP contribution in [0.2, 0.25) is 0 Å². The van der Waals surface area contributed by atoms with Gasteiger partial charge in [0.1, 0.15) is 5.76 Å². The van der Waals surface area contributed by atoms with Gasteiger partial charge in [0.25, 0.3) is 0 Å². The lowest BCUT2D eigenvalue weighted by Crippen LogP contribution is -2.29. The lowest BCUT2D eigenvalue weighted by molar-refractivity contribution is 0.0600. The third kappa shape index (κ3) is 4.10. The van der Waals surface area contributed by atoms with Gasteiger partial charge in [0.05, 0.1) is 48.9 Å². The molecule has 178 valence electrons. The topological polar surface area (TPSA) is 72.5 Å². The van der Waals surface area contributed by atoms with Crippen molar-refractivity contribution in [3.8, 4) is 5.69 Å². The number of esters is 1. The standard InChI is InChI=1S/C27H26N4O3S/c1-17-15-21(18(2)31(17)23-12-5-4-10-20(23)26(32)33-3)25-24(22-11-6-7-13-28-22)29-27(35)30(25)16-19-9-8-14-34-19/h4-15,24-25H,16H2,1-3H3,(H,29,35)/t24-,25+/m0/s1. The van der Waals surface area contributed by atoms with Gasteiger partial charge in [0.15, 0.2) is 5.11 Å². The number of hydrogen-bond donors (Lipinski definition) is 1. The Labute approximate surface area is 209 Å². The van der Waals surface area contributed by atoms with E-state index in [1.54, 1.807) is 18.5 Å². The second-order valence-electron chi connectivity index (χ2n) is 8.50. The smallest absolute Gasteiger partial charge is 0.339 e. The second kappa shape index (κ2) is 9.38. The van der Waals surface area contributed by atoms with Crippen molar-refractivity contribution in [3.05, 3.63) is 107 Å². The number of nitrogens with one attached hydrogen (secondary N) is 1. The molecule has 0 amide bonds. The van der Waals surface area contributed by atoms with E-state index >= 15 is 0 Å². The maximum atomic E-state index is 12.5. The molecule has 1 aliphatic rings. The van der Waals surface area contributed by atoms with Crippen LogP contribution in [0, 0.1) is 13.8 Å². The van der Waals surface area contributed by atoms with E-state index in [0.29, 0.717) is 17.2 Å². The molecule has 1 fully saturated rings. The van der Waals surface area contributed by atoms with Crippen LogP contribution in [0.25, 0.3) is 5.69 Å². The number of aryl methyl sites for hydroxylation is 1. The highest BCUT2D eigenvalue weighted by Crippen LogP contribution is 2.42. The van der Waals surface area contributed by atoms with Gasteiger partial charge in [-0.1, -0.05) is 18.2 Å². The lowest BCUT2D eigenvalue weighted by Gasteiger charge is -2.27.